The summed E-state index contributed by atoms with van der Waals surface area (Å²) in [5, 5.41) is 12.1. The van der Waals surface area contributed by atoms with Gasteiger partial charge in [-0.3, -0.25) is 9.80 Å². The predicted octanol–water partition coefficient (Wildman–Crippen LogP) is 1.34. The van der Waals surface area contributed by atoms with E-state index in [4.69, 9.17) is 15.7 Å². The predicted molar refractivity (Wildman–Crippen MR) is 85.8 cm³/mol. The van der Waals surface area contributed by atoms with Gasteiger partial charge in [-0.25, -0.2) is 0 Å². The quantitative estimate of drug-likeness (QED) is 0.209. The van der Waals surface area contributed by atoms with Crippen molar-refractivity contribution >= 4 is 5.84 Å². The molecule has 1 unspecified atom stereocenters. The van der Waals surface area contributed by atoms with E-state index in [2.05, 4.69) is 28.8 Å². The average molecular weight is 300 g/mol. The number of unbranched alkanes of at least 4 members (excludes halogenated alkanes) is 1. The second kappa shape index (κ2) is 10.8. The minimum absolute atomic E-state index is 0.0722. The van der Waals surface area contributed by atoms with E-state index >= 15 is 0 Å². The number of rotatable bonds is 10. The van der Waals surface area contributed by atoms with E-state index in [1.807, 2.05) is 0 Å². The van der Waals surface area contributed by atoms with Crippen LogP contribution in [0.3, 0.4) is 0 Å². The molecule has 1 heterocycles. The van der Waals surface area contributed by atoms with Gasteiger partial charge in [0.2, 0.25) is 0 Å². The zero-order valence-electron chi connectivity index (χ0n) is 13.6. The fourth-order valence-electron chi connectivity index (χ4n) is 2.70. The smallest absolute Gasteiger partial charge is 0.156 e. The minimum Gasteiger partial charge on any atom is -0.409 e. The van der Waals surface area contributed by atoms with Crippen LogP contribution in [0.1, 0.15) is 39.5 Å². The molecule has 6 heteroatoms. The maximum atomic E-state index is 8.91. The van der Waals surface area contributed by atoms with Crippen LogP contribution in [-0.2, 0) is 4.74 Å². The van der Waals surface area contributed by atoms with Crippen LogP contribution in [0.2, 0.25) is 0 Å². The molecule has 1 fully saturated rings. The molecule has 1 rings (SSSR count). The first-order valence-corrected chi connectivity index (χ1v) is 8.24. The van der Waals surface area contributed by atoms with Gasteiger partial charge in [-0.2, -0.15) is 0 Å². The van der Waals surface area contributed by atoms with Gasteiger partial charge >= 0.3 is 0 Å². The average Bonchev–Trinajstić information content (AvgIpc) is 2.52. The molecule has 6 nitrogen and oxygen atoms in total. The molecule has 0 spiro atoms. The van der Waals surface area contributed by atoms with Gasteiger partial charge in [-0.15, -0.1) is 0 Å². The van der Waals surface area contributed by atoms with E-state index in [0.717, 1.165) is 65.2 Å². The third kappa shape index (κ3) is 6.63. The van der Waals surface area contributed by atoms with Crippen LogP contribution in [0.4, 0.5) is 0 Å². The Morgan fingerprint density at radius 3 is 2.48 bits per heavy atom. The second-order valence-electron chi connectivity index (χ2n) is 5.67. The first kappa shape index (κ1) is 18.2. The Morgan fingerprint density at radius 1 is 1.19 bits per heavy atom. The van der Waals surface area contributed by atoms with Crippen LogP contribution in [0.15, 0.2) is 5.16 Å². The number of ether oxygens (including phenoxy) is 1. The molecule has 0 aromatic heterocycles. The monoisotopic (exact) mass is 300 g/mol. The molecule has 1 aliphatic rings. The summed E-state index contributed by atoms with van der Waals surface area (Å²) in [6.07, 6.45) is 4.31. The first-order chi connectivity index (χ1) is 10.2. The molecule has 1 atom stereocenters. The van der Waals surface area contributed by atoms with Gasteiger partial charge in [-0.05, 0) is 12.8 Å². The number of amidine groups is 1. The summed E-state index contributed by atoms with van der Waals surface area (Å²) in [4.78, 5) is 4.75. The normalized spacial score (nSPS) is 19.8. The molecule has 0 radical (unpaired) electrons. The highest BCUT2D eigenvalue weighted by Crippen LogP contribution is 2.11. The summed E-state index contributed by atoms with van der Waals surface area (Å²) in [5.41, 5.74) is 5.82. The summed E-state index contributed by atoms with van der Waals surface area (Å²) >= 11 is 0. The summed E-state index contributed by atoms with van der Waals surface area (Å²) in [6, 6.07) is 0.0722. The lowest BCUT2D eigenvalue weighted by Gasteiger charge is -2.38. The Bertz CT molecular complexity index is 291. The molecule has 124 valence electrons. The number of nitrogens with zero attached hydrogens (tertiary/aromatic N) is 3. The van der Waals surface area contributed by atoms with Crippen LogP contribution >= 0.6 is 0 Å². The van der Waals surface area contributed by atoms with Gasteiger partial charge < -0.3 is 15.7 Å². The molecule has 0 aromatic rings. The van der Waals surface area contributed by atoms with Gasteiger partial charge in [0.1, 0.15) is 0 Å². The Labute approximate surface area is 128 Å². The molecule has 0 aliphatic carbocycles. The van der Waals surface area contributed by atoms with Crippen LogP contribution in [-0.4, -0.2) is 72.8 Å². The molecule has 1 saturated heterocycles. The second-order valence-corrected chi connectivity index (χ2v) is 5.67. The maximum absolute atomic E-state index is 8.91. The van der Waals surface area contributed by atoms with Gasteiger partial charge in [0, 0.05) is 39.3 Å². The van der Waals surface area contributed by atoms with E-state index in [9.17, 15) is 0 Å². The Morgan fingerprint density at radius 2 is 1.90 bits per heavy atom. The molecular weight excluding hydrogens is 268 g/mol. The third-order valence-electron chi connectivity index (χ3n) is 4.06. The van der Waals surface area contributed by atoms with Crippen molar-refractivity contribution < 1.29 is 9.94 Å². The SMILES string of the molecule is CCCCOCCN1CCN(C(CCC)C(N)=NO)CC1. The van der Waals surface area contributed by atoms with Crippen LogP contribution in [0.5, 0.6) is 0 Å². The van der Waals surface area contributed by atoms with E-state index in [1.54, 1.807) is 0 Å². The highest BCUT2D eigenvalue weighted by Gasteiger charge is 2.25. The van der Waals surface area contributed by atoms with E-state index < -0.39 is 0 Å². The lowest BCUT2D eigenvalue weighted by Crippen LogP contribution is -2.54. The molecule has 0 aromatic carbocycles. The zero-order valence-corrected chi connectivity index (χ0v) is 13.6. The van der Waals surface area contributed by atoms with Gasteiger partial charge in [0.15, 0.2) is 5.84 Å². The van der Waals surface area contributed by atoms with Crippen LogP contribution < -0.4 is 5.73 Å². The highest BCUT2D eigenvalue weighted by molar-refractivity contribution is 5.85. The highest BCUT2D eigenvalue weighted by atomic mass is 16.5. The number of nitrogens with two attached hydrogens (primary N) is 1. The van der Waals surface area contributed by atoms with Gasteiger partial charge in [-0.1, -0.05) is 31.8 Å². The maximum Gasteiger partial charge on any atom is 0.156 e. The van der Waals surface area contributed by atoms with Gasteiger partial charge in [0.05, 0.1) is 12.6 Å². The summed E-state index contributed by atoms with van der Waals surface area (Å²) in [7, 11) is 0. The lowest BCUT2D eigenvalue weighted by molar-refractivity contribution is 0.0675. The summed E-state index contributed by atoms with van der Waals surface area (Å²) < 4.78 is 5.62. The molecular formula is C15H32N4O2. The number of hydrogen-bond donors (Lipinski definition) is 2. The topological polar surface area (TPSA) is 74.3 Å². The van der Waals surface area contributed by atoms with Crippen molar-refractivity contribution in [3.05, 3.63) is 0 Å². The molecule has 0 amide bonds. The van der Waals surface area contributed by atoms with Crippen molar-refractivity contribution in [1.29, 1.82) is 0 Å². The Hall–Kier alpha value is -0.850. The summed E-state index contributed by atoms with van der Waals surface area (Å²) in [5.74, 6) is 0.341. The fraction of sp³-hybridized carbons (Fsp3) is 0.933. The van der Waals surface area contributed by atoms with Gasteiger partial charge in [0.25, 0.3) is 0 Å². The lowest BCUT2D eigenvalue weighted by atomic mass is 10.1. The molecule has 0 saturated carbocycles. The van der Waals surface area contributed by atoms with Crippen molar-refractivity contribution in [2.45, 2.75) is 45.6 Å². The molecule has 21 heavy (non-hydrogen) atoms. The van der Waals surface area contributed by atoms with Crippen LogP contribution in [0, 0.1) is 0 Å². The van der Waals surface area contributed by atoms with Crippen molar-refractivity contribution in [3.63, 3.8) is 0 Å². The van der Waals surface area contributed by atoms with Crippen molar-refractivity contribution in [3.8, 4) is 0 Å². The molecule has 0 bridgehead atoms. The Balaban J connectivity index is 2.27. The van der Waals surface area contributed by atoms with E-state index in [1.165, 1.54) is 6.42 Å². The molecule has 1 aliphatic heterocycles. The van der Waals surface area contributed by atoms with Crippen molar-refractivity contribution in [2.75, 3.05) is 45.9 Å². The standard InChI is InChI=1S/C15H32N4O2/c1-3-5-12-21-13-11-18-7-9-19(10-8-18)14(6-4-2)15(16)17-20/h14,20H,3-13H2,1-2H3,(H2,16,17). The first-order valence-electron chi connectivity index (χ1n) is 8.24. The zero-order chi connectivity index (χ0) is 15.5. The molecule has 3 N–H and O–H groups in total. The largest absolute Gasteiger partial charge is 0.409 e. The third-order valence-corrected chi connectivity index (χ3v) is 4.06. The van der Waals surface area contributed by atoms with Crippen molar-refractivity contribution in [2.24, 2.45) is 10.9 Å². The Kier molecular flexibility index (Phi) is 9.37. The van der Waals surface area contributed by atoms with Crippen molar-refractivity contribution in [1.82, 2.24) is 9.80 Å². The van der Waals surface area contributed by atoms with Crippen LogP contribution in [0.25, 0.3) is 0 Å². The fourth-order valence-corrected chi connectivity index (χ4v) is 2.70. The number of piperazine rings is 1. The minimum atomic E-state index is 0.0722. The number of hydrogen-bond acceptors (Lipinski definition) is 5. The van der Waals surface area contributed by atoms with E-state index in [0.29, 0.717) is 5.84 Å². The number of oxime groups is 1. The summed E-state index contributed by atoms with van der Waals surface area (Å²) in [6.45, 7) is 11.0. The van der Waals surface area contributed by atoms with E-state index in [-0.39, 0.29) is 6.04 Å².